The van der Waals surface area contributed by atoms with Crippen molar-refractivity contribution < 1.29 is 14.3 Å². The van der Waals surface area contributed by atoms with Crippen LogP contribution in [0.4, 0.5) is 4.79 Å². The molecule has 0 spiro atoms. The van der Waals surface area contributed by atoms with Gasteiger partial charge in [0, 0.05) is 19.1 Å². The fourth-order valence-corrected chi connectivity index (χ4v) is 3.24. The van der Waals surface area contributed by atoms with Crippen LogP contribution in [0.1, 0.15) is 45.1 Å². The number of likely N-dealkylation sites (N-methyl/N-ethyl adjacent to an activating group) is 1. The lowest BCUT2D eigenvalue weighted by Crippen LogP contribution is -2.50. The van der Waals surface area contributed by atoms with E-state index < -0.39 is 6.04 Å². The van der Waals surface area contributed by atoms with Crippen molar-refractivity contribution in [3.8, 4) is 0 Å². The Bertz CT molecular complexity index is 583. The maximum atomic E-state index is 12.4. The molecule has 1 fully saturated rings. The molecular formula is C20H31N3O3. The summed E-state index contributed by atoms with van der Waals surface area (Å²) in [7, 11) is 1.83. The van der Waals surface area contributed by atoms with E-state index >= 15 is 0 Å². The molecule has 2 amide bonds. The zero-order chi connectivity index (χ0) is 19.1. The maximum absolute atomic E-state index is 12.4. The van der Waals surface area contributed by atoms with Gasteiger partial charge in [-0.2, -0.15) is 0 Å². The highest BCUT2D eigenvalue weighted by Crippen LogP contribution is 2.23. The molecule has 0 radical (unpaired) electrons. The molecule has 2 rings (SSSR count). The lowest BCUT2D eigenvalue weighted by molar-refractivity contribution is -0.135. The number of carbonyl (C=O) groups is 2. The minimum atomic E-state index is -0.455. The van der Waals surface area contributed by atoms with E-state index in [2.05, 4.69) is 5.32 Å². The molecule has 1 aromatic carbocycles. The molecule has 144 valence electrons. The molecule has 6 nitrogen and oxygen atoms in total. The molecule has 1 saturated carbocycles. The van der Waals surface area contributed by atoms with Crippen molar-refractivity contribution in [2.45, 2.75) is 64.3 Å². The zero-order valence-electron chi connectivity index (χ0n) is 16.0. The standard InChI is InChI=1S/C20H31N3O3/c1-14(2)18(21)19(24)23(3)17-11-9-16(10-12-17)22-20(25)26-13-15-7-5-4-6-8-15/h4-8,14,16-18H,9-13,21H2,1-3H3,(H,22,25). The lowest BCUT2D eigenvalue weighted by atomic mass is 9.89. The number of ether oxygens (including phenoxy) is 1. The molecular weight excluding hydrogens is 330 g/mol. The molecule has 1 atom stereocenters. The highest BCUT2D eigenvalue weighted by molar-refractivity contribution is 5.82. The number of nitrogens with one attached hydrogen (secondary N) is 1. The quantitative estimate of drug-likeness (QED) is 0.816. The topological polar surface area (TPSA) is 84.7 Å². The van der Waals surface area contributed by atoms with Crippen LogP contribution in [0, 0.1) is 5.92 Å². The Balaban J connectivity index is 1.72. The first-order valence-electron chi connectivity index (χ1n) is 9.38. The third-order valence-corrected chi connectivity index (χ3v) is 5.13. The first kappa shape index (κ1) is 20.2. The Morgan fingerprint density at radius 2 is 1.81 bits per heavy atom. The number of rotatable bonds is 6. The molecule has 26 heavy (non-hydrogen) atoms. The number of alkyl carbamates (subject to hydrolysis) is 1. The number of nitrogens with zero attached hydrogens (tertiary/aromatic N) is 1. The van der Waals surface area contributed by atoms with Gasteiger partial charge in [0.2, 0.25) is 5.91 Å². The molecule has 1 aliphatic rings. The SMILES string of the molecule is CC(C)C(N)C(=O)N(C)C1CCC(NC(=O)OCc2ccccc2)CC1. The van der Waals surface area contributed by atoms with E-state index in [9.17, 15) is 9.59 Å². The Hall–Kier alpha value is -2.08. The fraction of sp³-hybridized carbons (Fsp3) is 0.600. The van der Waals surface area contributed by atoms with E-state index in [4.69, 9.17) is 10.5 Å². The highest BCUT2D eigenvalue weighted by atomic mass is 16.5. The van der Waals surface area contributed by atoms with Crippen molar-refractivity contribution in [3.63, 3.8) is 0 Å². The second-order valence-corrected chi connectivity index (χ2v) is 7.43. The first-order valence-corrected chi connectivity index (χ1v) is 9.38. The van der Waals surface area contributed by atoms with Gasteiger partial charge in [-0.15, -0.1) is 0 Å². The molecule has 1 aliphatic carbocycles. The number of amides is 2. The third kappa shape index (κ3) is 5.73. The van der Waals surface area contributed by atoms with Crippen molar-refractivity contribution in [2.24, 2.45) is 11.7 Å². The summed E-state index contributed by atoms with van der Waals surface area (Å²) in [6.45, 7) is 4.18. The summed E-state index contributed by atoms with van der Waals surface area (Å²) in [5.41, 5.74) is 6.94. The number of hydrogen-bond donors (Lipinski definition) is 2. The average molecular weight is 361 g/mol. The summed E-state index contributed by atoms with van der Waals surface area (Å²) in [6, 6.07) is 9.44. The van der Waals surface area contributed by atoms with E-state index in [0.29, 0.717) is 0 Å². The van der Waals surface area contributed by atoms with Gasteiger partial charge < -0.3 is 20.7 Å². The summed E-state index contributed by atoms with van der Waals surface area (Å²) >= 11 is 0. The van der Waals surface area contributed by atoms with Gasteiger partial charge in [-0.05, 0) is 37.2 Å². The first-order chi connectivity index (χ1) is 12.4. The minimum absolute atomic E-state index is 0.00122. The van der Waals surface area contributed by atoms with E-state index in [-0.39, 0.29) is 36.6 Å². The molecule has 6 heteroatoms. The predicted molar refractivity (Wildman–Crippen MR) is 101 cm³/mol. The monoisotopic (exact) mass is 361 g/mol. The zero-order valence-corrected chi connectivity index (χ0v) is 16.0. The van der Waals surface area contributed by atoms with Crippen LogP contribution in [-0.4, -0.2) is 42.1 Å². The van der Waals surface area contributed by atoms with E-state index in [1.54, 1.807) is 4.90 Å². The Kier molecular flexibility index (Phi) is 7.45. The maximum Gasteiger partial charge on any atom is 0.407 e. The number of benzene rings is 1. The van der Waals surface area contributed by atoms with Gasteiger partial charge in [-0.25, -0.2) is 4.79 Å². The number of nitrogens with two attached hydrogens (primary N) is 1. The van der Waals surface area contributed by atoms with Crippen LogP contribution in [0.25, 0.3) is 0 Å². The number of carbonyl (C=O) groups excluding carboxylic acids is 2. The van der Waals surface area contributed by atoms with Gasteiger partial charge in [-0.1, -0.05) is 44.2 Å². The van der Waals surface area contributed by atoms with E-state index in [1.807, 2.05) is 51.2 Å². The summed E-state index contributed by atoms with van der Waals surface area (Å²) in [6.07, 6.45) is 3.00. The molecule has 1 aromatic rings. The molecule has 0 aliphatic heterocycles. The van der Waals surface area contributed by atoms with Gasteiger partial charge in [0.15, 0.2) is 0 Å². The molecule has 0 saturated heterocycles. The molecule has 0 heterocycles. The highest BCUT2D eigenvalue weighted by Gasteiger charge is 2.30. The molecule has 3 N–H and O–H groups in total. The van der Waals surface area contributed by atoms with Crippen molar-refractivity contribution in [3.05, 3.63) is 35.9 Å². The fourth-order valence-electron chi connectivity index (χ4n) is 3.24. The van der Waals surface area contributed by atoms with Crippen LogP contribution in [0.2, 0.25) is 0 Å². The Labute approximate surface area is 156 Å². The van der Waals surface area contributed by atoms with E-state index in [0.717, 1.165) is 31.2 Å². The Morgan fingerprint density at radius 1 is 1.19 bits per heavy atom. The largest absolute Gasteiger partial charge is 0.445 e. The van der Waals surface area contributed by atoms with Gasteiger partial charge in [0.05, 0.1) is 6.04 Å². The second-order valence-electron chi connectivity index (χ2n) is 7.43. The van der Waals surface area contributed by atoms with Crippen LogP contribution in [0.15, 0.2) is 30.3 Å². The second kappa shape index (κ2) is 9.57. The lowest BCUT2D eigenvalue weighted by Gasteiger charge is -2.36. The summed E-state index contributed by atoms with van der Waals surface area (Å²) in [4.78, 5) is 26.1. The van der Waals surface area contributed by atoms with Crippen LogP contribution < -0.4 is 11.1 Å². The van der Waals surface area contributed by atoms with Crippen LogP contribution in [0.5, 0.6) is 0 Å². The number of hydrogen-bond acceptors (Lipinski definition) is 4. The van der Waals surface area contributed by atoms with Crippen molar-refractivity contribution in [2.75, 3.05) is 7.05 Å². The average Bonchev–Trinajstić information content (AvgIpc) is 2.66. The summed E-state index contributed by atoms with van der Waals surface area (Å²) in [5, 5.41) is 2.93. The van der Waals surface area contributed by atoms with Crippen molar-refractivity contribution in [1.82, 2.24) is 10.2 Å². The molecule has 0 bridgehead atoms. The van der Waals surface area contributed by atoms with E-state index in [1.165, 1.54) is 0 Å². The smallest absolute Gasteiger partial charge is 0.407 e. The van der Waals surface area contributed by atoms with Crippen LogP contribution in [-0.2, 0) is 16.1 Å². The normalized spacial score (nSPS) is 21.1. The van der Waals surface area contributed by atoms with Crippen LogP contribution >= 0.6 is 0 Å². The summed E-state index contributed by atoms with van der Waals surface area (Å²) in [5.74, 6) is 0.126. The summed E-state index contributed by atoms with van der Waals surface area (Å²) < 4.78 is 5.27. The van der Waals surface area contributed by atoms with Crippen LogP contribution in [0.3, 0.4) is 0 Å². The molecule has 1 unspecified atom stereocenters. The predicted octanol–water partition coefficient (Wildman–Crippen LogP) is 2.67. The molecule has 0 aromatic heterocycles. The minimum Gasteiger partial charge on any atom is -0.445 e. The third-order valence-electron chi connectivity index (χ3n) is 5.13. The van der Waals surface area contributed by atoms with Gasteiger partial charge >= 0.3 is 6.09 Å². The van der Waals surface area contributed by atoms with Crippen molar-refractivity contribution >= 4 is 12.0 Å². The van der Waals surface area contributed by atoms with Gasteiger partial charge in [-0.3, -0.25) is 4.79 Å². The Morgan fingerprint density at radius 3 is 2.38 bits per heavy atom. The van der Waals surface area contributed by atoms with Gasteiger partial charge in [0.25, 0.3) is 0 Å². The van der Waals surface area contributed by atoms with Crippen molar-refractivity contribution in [1.29, 1.82) is 0 Å². The van der Waals surface area contributed by atoms with Gasteiger partial charge in [0.1, 0.15) is 6.61 Å².